The molecule has 1 atom stereocenters. The van der Waals surface area contributed by atoms with Gasteiger partial charge in [0.05, 0.1) is 0 Å². The minimum Gasteiger partial charge on any atom is -0.320 e. The third-order valence-corrected chi connectivity index (χ3v) is 2.10. The Bertz CT molecular complexity index is 200. The molecule has 1 aromatic rings. The average Bonchev–Trinajstić information content (AvgIpc) is 2.60. The Labute approximate surface area is 65.6 Å². The van der Waals surface area contributed by atoms with Crippen molar-refractivity contribution in [2.75, 3.05) is 13.1 Å². The molecule has 60 valence electrons. The summed E-state index contributed by atoms with van der Waals surface area (Å²) in [5, 5.41) is 10.8. The summed E-state index contributed by atoms with van der Waals surface area (Å²) in [6.07, 6.45) is 4.83. The fourth-order valence-electron chi connectivity index (χ4n) is 1.48. The summed E-state index contributed by atoms with van der Waals surface area (Å²) < 4.78 is 2.04. The molecule has 4 nitrogen and oxygen atoms in total. The highest BCUT2D eigenvalue weighted by Crippen LogP contribution is 2.09. The number of hydrogen-bond donors (Lipinski definition) is 1. The van der Waals surface area contributed by atoms with Crippen LogP contribution in [0.1, 0.15) is 6.42 Å². The van der Waals surface area contributed by atoms with E-state index in [4.69, 9.17) is 0 Å². The summed E-state index contributed by atoms with van der Waals surface area (Å²) in [4.78, 5) is 0. The maximum atomic E-state index is 3.76. The van der Waals surface area contributed by atoms with Gasteiger partial charge in [0.1, 0.15) is 12.7 Å². The molecule has 0 radical (unpaired) electrons. The molecule has 0 saturated carbocycles. The number of rotatable bonds is 2. The molecule has 0 aromatic carbocycles. The molecule has 0 amide bonds. The van der Waals surface area contributed by atoms with Crippen molar-refractivity contribution in [3.63, 3.8) is 0 Å². The predicted molar refractivity (Wildman–Crippen MR) is 41.0 cm³/mol. The molecule has 1 aliphatic rings. The Balaban J connectivity index is 1.90. The molecule has 1 aliphatic heterocycles. The average molecular weight is 152 g/mol. The van der Waals surface area contributed by atoms with Crippen LogP contribution in [0.5, 0.6) is 0 Å². The molecule has 1 N–H and O–H groups in total. The molecule has 1 fully saturated rings. The van der Waals surface area contributed by atoms with Gasteiger partial charge in [-0.1, -0.05) is 0 Å². The van der Waals surface area contributed by atoms with E-state index in [2.05, 4.69) is 15.5 Å². The van der Waals surface area contributed by atoms with Crippen LogP contribution in [0.25, 0.3) is 0 Å². The second-order valence-electron chi connectivity index (χ2n) is 3.02. The third kappa shape index (κ3) is 1.57. The van der Waals surface area contributed by atoms with Gasteiger partial charge < -0.3 is 9.88 Å². The summed E-state index contributed by atoms with van der Waals surface area (Å²) in [7, 11) is 0. The summed E-state index contributed by atoms with van der Waals surface area (Å²) in [6, 6.07) is 0. The summed E-state index contributed by atoms with van der Waals surface area (Å²) in [5.74, 6) is 0.769. The fraction of sp³-hybridized carbons (Fsp3) is 0.714. The summed E-state index contributed by atoms with van der Waals surface area (Å²) >= 11 is 0. The van der Waals surface area contributed by atoms with Gasteiger partial charge in [-0.05, 0) is 25.4 Å². The van der Waals surface area contributed by atoms with E-state index >= 15 is 0 Å². The van der Waals surface area contributed by atoms with Gasteiger partial charge in [0, 0.05) is 6.54 Å². The van der Waals surface area contributed by atoms with Gasteiger partial charge in [0.25, 0.3) is 0 Å². The fourth-order valence-corrected chi connectivity index (χ4v) is 1.48. The lowest BCUT2D eigenvalue weighted by Gasteiger charge is -2.06. The zero-order valence-corrected chi connectivity index (χ0v) is 6.40. The standard InChI is InChI=1S/C7H12N4/c1-2-8-3-7(1)4-11-5-9-10-6-11/h5-8H,1-4H2/t7-/m0/s1. The molecule has 0 bridgehead atoms. The minimum atomic E-state index is 0.769. The molecule has 0 unspecified atom stereocenters. The normalized spacial score (nSPS) is 24.2. The second kappa shape index (κ2) is 3.00. The van der Waals surface area contributed by atoms with Crippen LogP contribution >= 0.6 is 0 Å². The van der Waals surface area contributed by atoms with Crippen molar-refractivity contribution in [1.82, 2.24) is 20.1 Å². The largest absolute Gasteiger partial charge is 0.320 e. The van der Waals surface area contributed by atoms with Crippen LogP contribution in [0.3, 0.4) is 0 Å². The topological polar surface area (TPSA) is 42.7 Å². The van der Waals surface area contributed by atoms with Gasteiger partial charge >= 0.3 is 0 Å². The lowest BCUT2D eigenvalue weighted by molar-refractivity contribution is 0.480. The lowest BCUT2D eigenvalue weighted by atomic mass is 10.1. The highest BCUT2D eigenvalue weighted by molar-refractivity contribution is 4.73. The van der Waals surface area contributed by atoms with E-state index in [1.54, 1.807) is 12.7 Å². The van der Waals surface area contributed by atoms with Gasteiger partial charge in [-0.25, -0.2) is 0 Å². The minimum absolute atomic E-state index is 0.769. The summed E-state index contributed by atoms with van der Waals surface area (Å²) in [6.45, 7) is 3.35. The molecule has 0 spiro atoms. The van der Waals surface area contributed by atoms with E-state index in [9.17, 15) is 0 Å². The van der Waals surface area contributed by atoms with Crippen LogP contribution < -0.4 is 5.32 Å². The van der Waals surface area contributed by atoms with Crippen molar-refractivity contribution < 1.29 is 0 Å². The molecule has 1 saturated heterocycles. The Hall–Kier alpha value is -0.900. The van der Waals surface area contributed by atoms with Gasteiger partial charge in [0.2, 0.25) is 0 Å². The van der Waals surface area contributed by atoms with E-state index < -0.39 is 0 Å². The van der Waals surface area contributed by atoms with Crippen molar-refractivity contribution in [1.29, 1.82) is 0 Å². The van der Waals surface area contributed by atoms with Gasteiger partial charge in [-0.3, -0.25) is 0 Å². The van der Waals surface area contributed by atoms with E-state index in [1.165, 1.54) is 6.42 Å². The zero-order valence-electron chi connectivity index (χ0n) is 6.40. The molecule has 2 rings (SSSR count). The molecule has 0 aliphatic carbocycles. The van der Waals surface area contributed by atoms with Crippen LogP contribution in [-0.2, 0) is 6.54 Å². The van der Waals surface area contributed by atoms with Crippen molar-refractivity contribution in [2.24, 2.45) is 5.92 Å². The van der Waals surface area contributed by atoms with Crippen molar-refractivity contribution >= 4 is 0 Å². The number of nitrogens with zero attached hydrogens (tertiary/aromatic N) is 3. The number of aromatic nitrogens is 3. The van der Waals surface area contributed by atoms with E-state index in [1.807, 2.05) is 4.57 Å². The SMILES string of the molecule is c1nncn1C[C@H]1CCNC1. The van der Waals surface area contributed by atoms with E-state index in [0.29, 0.717) is 0 Å². The first kappa shape index (κ1) is 6.79. The first-order valence-electron chi connectivity index (χ1n) is 3.98. The van der Waals surface area contributed by atoms with Crippen LogP contribution in [0.2, 0.25) is 0 Å². The molecular formula is C7H12N4. The maximum absolute atomic E-state index is 3.76. The highest BCUT2D eigenvalue weighted by atomic mass is 15.2. The first-order valence-corrected chi connectivity index (χ1v) is 3.98. The zero-order chi connectivity index (χ0) is 7.52. The summed E-state index contributed by atoms with van der Waals surface area (Å²) in [5.41, 5.74) is 0. The first-order chi connectivity index (χ1) is 5.45. The highest BCUT2D eigenvalue weighted by Gasteiger charge is 2.14. The monoisotopic (exact) mass is 152 g/mol. The Morgan fingerprint density at radius 1 is 1.45 bits per heavy atom. The second-order valence-corrected chi connectivity index (χ2v) is 3.02. The van der Waals surface area contributed by atoms with Gasteiger partial charge in [-0.2, -0.15) is 0 Å². The number of hydrogen-bond acceptors (Lipinski definition) is 3. The van der Waals surface area contributed by atoms with Crippen molar-refractivity contribution in [3.05, 3.63) is 12.7 Å². The molecule has 11 heavy (non-hydrogen) atoms. The van der Waals surface area contributed by atoms with Crippen LogP contribution in [0.4, 0.5) is 0 Å². The van der Waals surface area contributed by atoms with Gasteiger partial charge in [-0.15, -0.1) is 10.2 Å². The number of nitrogens with one attached hydrogen (secondary N) is 1. The Kier molecular flexibility index (Phi) is 1.85. The van der Waals surface area contributed by atoms with Crippen molar-refractivity contribution in [2.45, 2.75) is 13.0 Å². The van der Waals surface area contributed by atoms with E-state index in [-0.39, 0.29) is 0 Å². The molecule has 4 heteroatoms. The smallest absolute Gasteiger partial charge is 0.119 e. The van der Waals surface area contributed by atoms with Crippen molar-refractivity contribution in [3.8, 4) is 0 Å². The molecule has 2 heterocycles. The van der Waals surface area contributed by atoms with Crippen LogP contribution in [0.15, 0.2) is 12.7 Å². The van der Waals surface area contributed by atoms with E-state index in [0.717, 1.165) is 25.6 Å². The predicted octanol–water partition coefficient (Wildman–Crippen LogP) is -0.112. The van der Waals surface area contributed by atoms with Crippen LogP contribution in [-0.4, -0.2) is 27.9 Å². The maximum Gasteiger partial charge on any atom is 0.119 e. The molecular weight excluding hydrogens is 140 g/mol. The lowest BCUT2D eigenvalue weighted by Crippen LogP contribution is -2.13. The Morgan fingerprint density at radius 2 is 2.27 bits per heavy atom. The molecule has 1 aromatic heterocycles. The van der Waals surface area contributed by atoms with Gasteiger partial charge in [0.15, 0.2) is 0 Å². The third-order valence-electron chi connectivity index (χ3n) is 2.10. The Morgan fingerprint density at radius 3 is 2.91 bits per heavy atom. The quantitative estimate of drug-likeness (QED) is 0.643. The van der Waals surface area contributed by atoms with Crippen LogP contribution in [0, 0.1) is 5.92 Å².